The van der Waals surface area contributed by atoms with Crippen LogP contribution in [0.4, 0.5) is 0 Å². The van der Waals surface area contributed by atoms with E-state index in [0.717, 1.165) is 38.8 Å². The molecule has 0 saturated carbocycles. The lowest BCUT2D eigenvalue weighted by atomic mass is 9.98. The molecule has 0 radical (unpaired) electrons. The van der Waals surface area contributed by atoms with E-state index in [1.54, 1.807) is 0 Å². The average molecular weight is 185 g/mol. The molecule has 2 aliphatic heterocycles. The van der Waals surface area contributed by atoms with Crippen molar-refractivity contribution in [2.75, 3.05) is 32.9 Å². The summed E-state index contributed by atoms with van der Waals surface area (Å²) in [6, 6.07) is 0. The Kier molecular flexibility index (Phi) is 2.86. The zero-order valence-electron chi connectivity index (χ0n) is 8.34. The fourth-order valence-electron chi connectivity index (χ4n) is 1.81. The first-order chi connectivity index (χ1) is 6.29. The van der Waals surface area contributed by atoms with Gasteiger partial charge in [-0.2, -0.15) is 0 Å². The van der Waals surface area contributed by atoms with Gasteiger partial charge in [-0.15, -0.1) is 0 Å². The molecule has 76 valence electrons. The standard InChI is InChI=1S/C10H19NO2/c1-10(7-11-8-10)13-6-9-2-4-12-5-3-9/h9,11H,2-8H2,1H3. The molecule has 0 aromatic rings. The molecule has 0 aliphatic carbocycles. The average Bonchev–Trinajstić information content (AvgIpc) is 2.13. The van der Waals surface area contributed by atoms with Crippen molar-refractivity contribution in [3.8, 4) is 0 Å². The minimum Gasteiger partial charge on any atom is -0.381 e. The second-order valence-electron chi connectivity index (χ2n) is 4.42. The fraction of sp³-hybridized carbons (Fsp3) is 1.00. The lowest BCUT2D eigenvalue weighted by Crippen LogP contribution is -2.59. The van der Waals surface area contributed by atoms with Crippen LogP contribution < -0.4 is 5.32 Å². The summed E-state index contributed by atoms with van der Waals surface area (Å²) >= 11 is 0. The molecular weight excluding hydrogens is 166 g/mol. The number of hydrogen-bond acceptors (Lipinski definition) is 3. The van der Waals surface area contributed by atoms with Crippen molar-refractivity contribution >= 4 is 0 Å². The molecule has 0 unspecified atom stereocenters. The van der Waals surface area contributed by atoms with E-state index in [1.165, 1.54) is 12.8 Å². The van der Waals surface area contributed by atoms with E-state index < -0.39 is 0 Å². The van der Waals surface area contributed by atoms with Crippen molar-refractivity contribution in [1.82, 2.24) is 5.32 Å². The first-order valence-electron chi connectivity index (χ1n) is 5.21. The van der Waals surface area contributed by atoms with Gasteiger partial charge in [0.1, 0.15) is 0 Å². The van der Waals surface area contributed by atoms with Gasteiger partial charge in [0, 0.05) is 26.3 Å². The molecule has 0 aromatic carbocycles. The van der Waals surface area contributed by atoms with Crippen molar-refractivity contribution in [3.05, 3.63) is 0 Å². The van der Waals surface area contributed by atoms with Crippen LogP contribution >= 0.6 is 0 Å². The van der Waals surface area contributed by atoms with E-state index in [4.69, 9.17) is 9.47 Å². The van der Waals surface area contributed by atoms with Crippen LogP contribution in [0.1, 0.15) is 19.8 Å². The maximum Gasteiger partial charge on any atom is 0.0901 e. The molecule has 2 fully saturated rings. The molecule has 3 heteroatoms. The van der Waals surface area contributed by atoms with Crippen molar-refractivity contribution in [2.45, 2.75) is 25.4 Å². The lowest BCUT2D eigenvalue weighted by Gasteiger charge is -2.40. The molecule has 0 atom stereocenters. The predicted octanol–water partition coefficient (Wildman–Crippen LogP) is 0.791. The molecule has 2 heterocycles. The van der Waals surface area contributed by atoms with Gasteiger partial charge >= 0.3 is 0 Å². The summed E-state index contributed by atoms with van der Waals surface area (Å²) < 4.78 is 11.2. The molecule has 2 aliphatic rings. The Balaban J connectivity index is 1.66. The van der Waals surface area contributed by atoms with E-state index in [2.05, 4.69) is 12.2 Å². The first-order valence-corrected chi connectivity index (χ1v) is 5.21. The number of nitrogens with one attached hydrogen (secondary N) is 1. The maximum atomic E-state index is 5.89. The van der Waals surface area contributed by atoms with Crippen molar-refractivity contribution in [1.29, 1.82) is 0 Å². The smallest absolute Gasteiger partial charge is 0.0901 e. The van der Waals surface area contributed by atoms with E-state index in [-0.39, 0.29) is 5.60 Å². The number of rotatable bonds is 3. The Morgan fingerprint density at radius 3 is 2.62 bits per heavy atom. The second-order valence-corrected chi connectivity index (χ2v) is 4.42. The fourth-order valence-corrected chi connectivity index (χ4v) is 1.81. The normalized spacial score (nSPS) is 28.4. The van der Waals surface area contributed by atoms with Gasteiger partial charge < -0.3 is 14.8 Å². The Labute approximate surface area is 79.8 Å². The van der Waals surface area contributed by atoms with Crippen LogP contribution in [0.15, 0.2) is 0 Å². The Hall–Kier alpha value is -0.120. The highest BCUT2D eigenvalue weighted by Gasteiger charge is 2.33. The van der Waals surface area contributed by atoms with Gasteiger partial charge in [0.15, 0.2) is 0 Å². The topological polar surface area (TPSA) is 30.5 Å². The largest absolute Gasteiger partial charge is 0.381 e. The van der Waals surface area contributed by atoms with Crippen molar-refractivity contribution < 1.29 is 9.47 Å². The van der Waals surface area contributed by atoms with Gasteiger partial charge in [0.25, 0.3) is 0 Å². The van der Waals surface area contributed by atoms with Gasteiger partial charge in [-0.1, -0.05) is 0 Å². The molecule has 0 spiro atoms. The van der Waals surface area contributed by atoms with Crippen molar-refractivity contribution in [3.63, 3.8) is 0 Å². The monoisotopic (exact) mass is 185 g/mol. The number of hydrogen-bond donors (Lipinski definition) is 1. The first kappa shape index (κ1) is 9.44. The van der Waals surface area contributed by atoms with E-state index in [9.17, 15) is 0 Å². The van der Waals surface area contributed by atoms with Gasteiger partial charge in [-0.05, 0) is 25.7 Å². The van der Waals surface area contributed by atoms with Gasteiger partial charge in [-0.3, -0.25) is 0 Å². The zero-order valence-corrected chi connectivity index (χ0v) is 8.34. The lowest BCUT2D eigenvalue weighted by molar-refractivity contribution is -0.0915. The molecule has 0 aromatic heterocycles. The molecule has 3 nitrogen and oxygen atoms in total. The molecule has 2 rings (SSSR count). The van der Waals surface area contributed by atoms with Crippen LogP contribution in [0.5, 0.6) is 0 Å². The van der Waals surface area contributed by atoms with E-state index in [0.29, 0.717) is 0 Å². The summed E-state index contributed by atoms with van der Waals surface area (Å²) in [5.41, 5.74) is 0.123. The van der Waals surface area contributed by atoms with Crippen LogP contribution in [-0.4, -0.2) is 38.5 Å². The summed E-state index contributed by atoms with van der Waals surface area (Å²) in [7, 11) is 0. The third-order valence-corrected chi connectivity index (χ3v) is 3.01. The van der Waals surface area contributed by atoms with Gasteiger partial charge in [0.2, 0.25) is 0 Å². The summed E-state index contributed by atoms with van der Waals surface area (Å²) in [5.74, 6) is 0.728. The van der Waals surface area contributed by atoms with E-state index >= 15 is 0 Å². The molecule has 0 bridgehead atoms. The van der Waals surface area contributed by atoms with Gasteiger partial charge in [0.05, 0.1) is 12.2 Å². The van der Waals surface area contributed by atoms with Crippen molar-refractivity contribution in [2.24, 2.45) is 5.92 Å². The van der Waals surface area contributed by atoms with Crippen LogP contribution in [0, 0.1) is 5.92 Å². The van der Waals surface area contributed by atoms with Crippen LogP contribution in [0.3, 0.4) is 0 Å². The van der Waals surface area contributed by atoms with Crippen LogP contribution in [0.25, 0.3) is 0 Å². The second kappa shape index (κ2) is 3.95. The summed E-state index contributed by atoms with van der Waals surface area (Å²) in [4.78, 5) is 0. The summed E-state index contributed by atoms with van der Waals surface area (Å²) in [6.45, 7) is 6.96. The highest BCUT2D eigenvalue weighted by molar-refractivity contribution is 4.90. The molecule has 0 amide bonds. The van der Waals surface area contributed by atoms with E-state index in [1.807, 2.05) is 0 Å². The molecule has 2 saturated heterocycles. The minimum atomic E-state index is 0.123. The molecular formula is C10H19NO2. The third-order valence-electron chi connectivity index (χ3n) is 3.01. The predicted molar refractivity (Wildman–Crippen MR) is 50.8 cm³/mol. The third kappa shape index (κ3) is 2.42. The quantitative estimate of drug-likeness (QED) is 0.705. The maximum absolute atomic E-state index is 5.89. The minimum absolute atomic E-state index is 0.123. The zero-order chi connectivity index (χ0) is 9.15. The number of ether oxygens (including phenoxy) is 2. The summed E-state index contributed by atoms with van der Waals surface area (Å²) in [5, 5.41) is 3.24. The van der Waals surface area contributed by atoms with Crippen LogP contribution in [-0.2, 0) is 9.47 Å². The summed E-state index contributed by atoms with van der Waals surface area (Å²) in [6.07, 6.45) is 2.34. The van der Waals surface area contributed by atoms with Gasteiger partial charge in [-0.25, -0.2) is 0 Å². The highest BCUT2D eigenvalue weighted by Crippen LogP contribution is 2.20. The Bertz CT molecular complexity index is 162. The highest BCUT2D eigenvalue weighted by atomic mass is 16.5. The Morgan fingerprint density at radius 2 is 2.08 bits per heavy atom. The Morgan fingerprint density at radius 1 is 1.38 bits per heavy atom. The SMILES string of the molecule is CC1(OCC2CCOCC2)CNC1. The molecule has 1 N–H and O–H groups in total. The molecule has 13 heavy (non-hydrogen) atoms. The van der Waals surface area contributed by atoms with Crippen LogP contribution in [0.2, 0.25) is 0 Å².